The van der Waals surface area contributed by atoms with Crippen molar-refractivity contribution in [3.8, 4) is 22.6 Å². The summed E-state index contributed by atoms with van der Waals surface area (Å²) in [6, 6.07) is 21.9. The molecular formula is C30H30N6O. The van der Waals surface area contributed by atoms with Gasteiger partial charge < -0.3 is 9.88 Å². The third-order valence-corrected chi connectivity index (χ3v) is 6.38. The van der Waals surface area contributed by atoms with Gasteiger partial charge in [0.05, 0.1) is 5.52 Å². The molecule has 37 heavy (non-hydrogen) atoms. The van der Waals surface area contributed by atoms with E-state index in [1.165, 1.54) is 5.56 Å². The van der Waals surface area contributed by atoms with Gasteiger partial charge in [-0.1, -0.05) is 57.2 Å². The second kappa shape index (κ2) is 9.58. The third kappa shape index (κ3) is 5.11. The van der Waals surface area contributed by atoms with E-state index in [9.17, 15) is 4.79 Å². The van der Waals surface area contributed by atoms with Crippen molar-refractivity contribution in [3.63, 3.8) is 0 Å². The average Bonchev–Trinajstić information content (AvgIpc) is 3.38. The summed E-state index contributed by atoms with van der Waals surface area (Å²) >= 11 is 0. The molecule has 0 saturated carbocycles. The highest BCUT2D eigenvalue weighted by molar-refractivity contribution is 6.05. The highest BCUT2D eigenvalue weighted by Gasteiger charge is 2.15. The van der Waals surface area contributed by atoms with Gasteiger partial charge in [0.15, 0.2) is 5.82 Å². The maximum Gasteiger partial charge on any atom is 0.256 e. The number of carbonyl (C=O) groups is 1. The van der Waals surface area contributed by atoms with Gasteiger partial charge in [0.1, 0.15) is 17.8 Å². The van der Waals surface area contributed by atoms with Gasteiger partial charge >= 0.3 is 0 Å². The molecule has 0 radical (unpaired) electrons. The Kier molecular flexibility index (Phi) is 6.29. The van der Waals surface area contributed by atoms with E-state index in [-0.39, 0.29) is 17.4 Å². The summed E-state index contributed by atoms with van der Waals surface area (Å²) in [4.78, 5) is 22.2. The van der Waals surface area contributed by atoms with E-state index < -0.39 is 0 Å². The summed E-state index contributed by atoms with van der Waals surface area (Å²) in [5.74, 6) is 0.855. The van der Waals surface area contributed by atoms with E-state index in [0.29, 0.717) is 22.9 Å². The SMILES string of the molecule is CC(C)n1cnnc1-c1cccc(NC(=O)c2ccc3cc(-c4ccc(C(C)(C)C)cc4)cnc3c2)n1. The van der Waals surface area contributed by atoms with Crippen LogP contribution >= 0.6 is 0 Å². The quantitative estimate of drug-likeness (QED) is 0.297. The van der Waals surface area contributed by atoms with Crippen LogP contribution in [0.1, 0.15) is 56.6 Å². The number of benzene rings is 2. The molecule has 7 nitrogen and oxygen atoms in total. The first kappa shape index (κ1) is 24.3. The average molecular weight is 491 g/mol. The molecule has 0 bridgehead atoms. The lowest BCUT2D eigenvalue weighted by atomic mass is 9.86. The van der Waals surface area contributed by atoms with E-state index >= 15 is 0 Å². The number of amides is 1. The topological polar surface area (TPSA) is 85.6 Å². The highest BCUT2D eigenvalue weighted by atomic mass is 16.1. The number of pyridine rings is 2. The van der Waals surface area contributed by atoms with Crippen molar-refractivity contribution in [1.29, 1.82) is 0 Å². The lowest BCUT2D eigenvalue weighted by Gasteiger charge is -2.19. The lowest BCUT2D eigenvalue weighted by Crippen LogP contribution is -2.13. The van der Waals surface area contributed by atoms with Gasteiger partial charge in [-0.25, -0.2) is 4.98 Å². The fourth-order valence-electron chi connectivity index (χ4n) is 4.20. The van der Waals surface area contributed by atoms with Gasteiger partial charge in [-0.05, 0) is 60.7 Å². The number of nitrogens with zero attached hydrogens (tertiary/aromatic N) is 5. The molecule has 0 atom stereocenters. The molecular weight excluding hydrogens is 460 g/mol. The molecule has 0 fully saturated rings. The van der Waals surface area contributed by atoms with Crippen molar-refractivity contribution in [2.45, 2.75) is 46.1 Å². The Hall–Kier alpha value is -4.39. The molecule has 3 aromatic heterocycles. The van der Waals surface area contributed by atoms with Crippen LogP contribution in [-0.2, 0) is 5.41 Å². The largest absolute Gasteiger partial charge is 0.310 e. The molecule has 1 amide bonds. The van der Waals surface area contributed by atoms with E-state index in [4.69, 9.17) is 0 Å². The van der Waals surface area contributed by atoms with Crippen LogP contribution in [0.4, 0.5) is 5.82 Å². The molecule has 0 aliphatic carbocycles. The molecule has 0 spiro atoms. The molecule has 0 saturated heterocycles. The van der Waals surface area contributed by atoms with Crippen molar-refractivity contribution < 1.29 is 4.79 Å². The van der Waals surface area contributed by atoms with E-state index in [0.717, 1.165) is 22.0 Å². The van der Waals surface area contributed by atoms with Gasteiger partial charge in [0.25, 0.3) is 5.91 Å². The molecule has 7 heteroatoms. The predicted octanol–water partition coefficient (Wildman–Crippen LogP) is 6.69. The second-order valence-electron chi connectivity index (χ2n) is 10.5. The summed E-state index contributed by atoms with van der Waals surface area (Å²) < 4.78 is 1.94. The first-order chi connectivity index (χ1) is 17.7. The van der Waals surface area contributed by atoms with E-state index in [1.807, 2.05) is 35.0 Å². The summed E-state index contributed by atoms with van der Waals surface area (Å²) in [5, 5.41) is 12.1. The zero-order valence-corrected chi connectivity index (χ0v) is 21.7. The Morgan fingerprint density at radius 2 is 1.73 bits per heavy atom. The number of hydrogen-bond acceptors (Lipinski definition) is 5. The van der Waals surface area contributed by atoms with Gasteiger partial charge in [-0.3, -0.25) is 9.78 Å². The Bertz CT molecular complexity index is 1580. The maximum absolute atomic E-state index is 13.0. The summed E-state index contributed by atoms with van der Waals surface area (Å²) in [6.07, 6.45) is 3.54. The van der Waals surface area contributed by atoms with Crippen molar-refractivity contribution in [2.24, 2.45) is 0 Å². The zero-order chi connectivity index (χ0) is 26.2. The summed E-state index contributed by atoms with van der Waals surface area (Å²) in [6.45, 7) is 10.7. The Labute approximate surface area is 216 Å². The van der Waals surface area contributed by atoms with Gasteiger partial charge in [0, 0.05) is 28.8 Å². The first-order valence-corrected chi connectivity index (χ1v) is 12.4. The maximum atomic E-state index is 13.0. The molecule has 1 N–H and O–H groups in total. The van der Waals surface area contributed by atoms with Crippen LogP contribution in [0.3, 0.4) is 0 Å². The first-order valence-electron chi connectivity index (χ1n) is 12.4. The molecule has 5 rings (SSSR count). The number of carbonyl (C=O) groups excluding carboxylic acids is 1. The van der Waals surface area contributed by atoms with Crippen LogP contribution in [0.25, 0.3) is 33.5 Å². The van der Waals surface area contributed by atoms with Crippen molar-refractivity contribution in [3.05, 3.63) is 90.4 Å². The van der Waals surface area contributed by atoms with Crippen LogP contribution < -0.4 is 5.32 Å². The van der Waals surface area contributed by atoms with Crippen LogP contribution in [-0.4, -0.2) is 30.6 Å². The predicted molar refractivity (Wildman–Crippen MR) is 147 cm³/mol. The molecule has 0 unspecified atom stereocenters. The smallest absolute Gasteiger partial charge is 0.256 e. The number of anilines is 1. The lowest BCUT2D eigenvalue weighted by molar-refractivity contribution is 0.102. The minimum absolute atomic E-state index is 0.113. The minimum atomic E-state index is -0.250. The fourth-order valence-corrected chi connectivity index (χ4v) is 4.20. The van der Waals surface area contributed by atoms with Crippen molar-refractivity contribution in [2.75, 3.05) is 5.32 Å². The van der Waals surface area contributed by atoms with Crippen molar-refractivity contribution in [1.82, 2.24) is 24.7 Å². The van der Waals surface area contributed by atoms with E-state index in [1.54, 1.807) is 18.5 Å². The monoisotopic (exact) mass is 490 g/mol. The van der Waals surface area contributed by atoms with Crippen molar-refractivity contribution >= 4 is 22.6 Å². The molecule has 5 aromatic rings. The van der Waals surface area contributed by atoms with Crippen LogP contribution in [0.2, 0.25) is 0 Å². The number of fused-ring (bicyclic) bond motifs is 1. The Balaban J connectivity index is 1.36. The van der Waals surface area contributed by atoms with Crippen LogP contribution in [0.5, 0.6) is 0 Å². The molecule has 0 aliphatic rings. The van der Waals surface area contributed by atoms with Gasteiger partial charge in [0.2, 0.25) is 0 Å². The number of hydrogen-bond donors (Lipinski definition) is 1. The highest BCUT2D eigenvalue weighted by Crippen LogP contribution is 2.28. The molecule has 0 aliphatic heterocycles. The number of nitrogens with one attached hydrogen (secondary N) is 1. The summed E-state index contributed by atoms with van der Waals surface area (Å²) in [5.41, 5.74) is 5.48. The number of rotatable bonds is 5. The summed E-state index contributed by atoms with van der Waals surface area (Å²) in [7, 11) is 0. The standard InChI is InChI=1S/C30H30N6O/c1-19(2)36-18-32-35-28(36)25-7-6-8-27(33-25)34-29(37)22-10-9-21-15-23(17-31-26(21)16-22)20-11-13-24(14-12-20)30(3,4)5/h6-19H,1-5H3,(H,33,34,37). The number of aromatic nitrogens is 5. The zero-order valence-electron chi connectivity index (χ0n) is 21.7. The Morgan fingerprint density at radius 1 is 0.946 bits per heavy atom. The second-order valence-corrected chi connectivity index (χ2v) is 10.5. The Morgan fingerprint density at radius 3 is 2.46 bits per heavy atom. The molecule has 2 aromatic carbocycles. The minimum Gasteiger partial charge on any atom is -0.310 e. The fraction of sp³-hybridized carbons (Fsp3) is 0.233. The molecule has 186 valence electrons. The van der Waals surface area contributed by atoms with Gasteiger partial charge in [-0.15, -0.1) is 10.2 Å². The third-order valence-electron chi connectivity index (χ3n) is 6.38. The normalized spacial score (nSPS) is 11.7. The van der Waals surface area contributed by atoms with E-state index in [2.05, 4.69) is 90.4 Å². The molecule has 3 heterocycles. The van der Waals surface area contributed by atoms with Gasteiger partial charge in [-0.2, -0.15) is 0 Å². The van der Waals surface area contributed by atoms with Crippen LogP contribution in [0, 0.1) is 0 Å². The van der Waals surface area contributed by atoms with Crippen LogP contribution in [0.15, 0.2) is 79.3 Å².